The lowest BCUT2D eigenvalue weighted by Crippen LogP contribution is -2.29. The van der Waals surface area contributed by atoms with Crippen LogP contribution in [0.4, 0.5) is 5.69 Å². The van der Waals surface area contributed by atoms with E-state index in [2.05, 4.69) is 40.0 Å². The molecule has 0 unspecified atom stereocenters. The van der Waals surface area contributed by atoms with Crippen LogP contribution in [0.2, 0.25) is 0 Å². The highest BCUT2D eigenvalue weighted by Gasteiger charge is 2.07. The Morgan fingerprint density at radius 1 is 1.32 bits per heavy atom. The number of hydrogen-bond acceptors (Lipinski definition) is 3. The lowest BCUT2D eigenvalue weighted by atomic mass is 10.2. The van der Waals surface area contributed by atoms with E-state index >= 15 is 0 Å². The largest absolute Gasteiger partial charge is 0.399 e. The average molecular weight is 328 g/mol. The second-order valence-electron chi connectivity index (χ2n) is 4.41. The quantitative estimate of drug-likeness (QED) is 0.597. The molecule has 0 aliphatic heterocycles. The van der Waals surface area contributed by atoms with Gasteiger partial charge in [-0.3, -0.25) is 4.79 Å². The Hall–Kier alpha value is -1.07. The van der Waals surface area contributed by atoms with E-state index < -0.39 is 0 Å². The van der Waals surface area contributed by atoms with Gasteiger partial charge in [0.15, 0.2) is 0 Å². The van der Waals surface area contributed by atoms with Crippen LogP contribution in [-0.2, 0) is 0 Å². The molecule has 0 fully saturated rings. The third-order valence-electron chi connectivity index (χ3n) is 3.01. The van der Waals surface area contributed by atoms with Crippen LogP contribution in [0.5, 0.6) is 0 Å². The molecule has 0 radical (unpaired) electrons. The van der Waals surface area contributed by atoms with Crippen LogP contribution in [0.1, 0.15) is 30.6 Å². The van der Waals surface area contributed by atoms with Gasteiger partial charge in [-0.1, -0.05) is 29.8 Å². The molecule has 0 saturated carbocycles. The molecular weight excluding hydrogens is 306 g/mol. The standard InChI is InChI=1S/C14H22BrN3O/c1-3-18(4-2)7-5-6-17-14(19)11-8-12(15)10-13(16)9-11/h8-10H,3-7,16H2,1-2H3,(H,17,19). The van der Waals surface area contributed by atoms with Gasteiger partial charge in [0.2, 0.25) is 0 Å². The van der Waals surface area contributed by atoms with E-state index in [1.807, 2.05) is 0 Å². The first-order chi connectivity index (χ1) is 9.06. The number of nitrogen functional groups attached to an aromatic ring is 1. The molecule has 0 bridgehead atoms. The first kappa shape index (κ1) is 16.0. The van der Waals surface area contributed by atoms with Crippen LogP contribution >= 0.6 is 15.9 Å². The van der Waals surface area contributed by atoms with E-state index in [1.54, 1.807) is 18.2 Å². The monoisotopic (exact) mass is 327 g/mol. The molecule has 0 aliphatic carbocycles. The second kappa shape index (κ2) is 8.17. The highest BCUT2D eigenvalue weighted by atomic mass is 79.9. The first-order valence-corrected chi connectivity index (χ1v) is 7.42. The van der Waals surface area contributed by atoms with Crippen molar-refractivity contribution < 1.29 is 4.79 Å². The van der Waals surface area contributed by atoms with Gasteiger partial charge in [-0.2, -0.15) is 0 Å². The number of nitrogens with zero attached hydrogens (tertiary/aromatic N) is 1. The number of amides is 1. The Kier molecular flexibility index (Phi) is 6.87. The third kappa shape index (κ3) is 5.61. The number of hydrogen-bond donors (Lipinski definition) is 2. The van der Waals surface area contributed by atoms with Gasteiger partial charge in [-0.25, -0.2) is 0 Å². The van der Waals surface area contributed by atoms with E-state index in [4.69, 9.17) is 5.73 Å². The van der Waals surface area contributed by atoms with Gasteiger partial charge in [-0.15, -0.1) is 0 Å². The van der Waals surface area contributed by atoms with Crippen molar-refractivity contribution in [3.63, 3.8) is 0 Å². The molecule has 1 amide bonds. The Balaban J connectivity index is 2.39. The predicted octanol–water partition coefficient (Wildman–Crippen LogP) is 2.49. The molecule has 0 aliphatic rings. The van der Waals surface area contributed by atoms with Crippen molar-refractivity contribution in [2.24, 2.45) is 0 Å². The predicted molar refractivity (Wildman–Crippen MR) is 83.3 cm³/mol. The minimum atomic E-state index is -0.0763. The summed E-state index contributed by atoms with van der Waals surface area (Å²) in [5, 5.41) is 2.91. The fourth-order valence-electron chi connectivity index (χ4n) is 1.89. The second-order valence-corrected chi connectivity index (χ2v) is 5.33. The highest BCUT2D eigenvalue weighted by Crippen LogP contribution is 2.17. The van der Waals surface area contributed by atoms with Gasteiger partial charge < -0.3 is 16.0 Å². The van der Waals surface area contributed by atoms with Gasteiger partial charge in [0.25, 0.3) is 5.91 Å². The summed E-state index contributed by atoms with van der Waals surface area (Å²) in [5.74, 6) is -0.0763. The van der Waals surface area contributed by atoms with Crippen molar-refractivity contribution >= 4 is 27.5 Å². The van der Waals surface area contributed by atoms with Crippen molar-refractivity contribution in [1.29, 1.82) is 0 Å². The first-order valence-electron chi connectivity index (χ1n) is 6.63. The smallest absolute Gasteiger partial charge is 0.251 e. The van der Waals surface area contributed by atoms with E-state index in [0.29, 0.717) is 17.8 Å². The minimum Gasteiger partial charge on any atom is -0.399 e. The van der Waals surface area contributed by atoms with Gasteiger partial charge in [-0.05, 0) is 44.3 Å². The Labute approximate surface area is 123 Å². The molecule has 5 heteroatoms. The van der Waals surface area contributed by atoms with Crippen molar-refractivity contribution in [1.82, 2.24) is 10.2 Å². The molecule has 1 aromatic rings. The van der Waals surface area contributed by atoms with Crippen LogP contribution in [-0.4, -0.2) is 37.0 Å². The summed E-state index contributed by atoms with van der Waals surface area (Å²) >= 11 is 3.33. The van der Waals surface area contributed by atoms with E-state index in [-0.39, 0.29) is 5.91 Å². The number of nitrogens with two attached hydrogens (primary N) is 1. The number of rotatable bonds is 7. The number of benzene rings is 1. The highest BCUT2D eigenvalue weighted by molar-refractivity contribution is 9.10. The molecule has 0 atom stereocenters. The zero-order valence-electron chi connectivity index (χ0n) is 11.6. The van der Waals surface area contributed by atoms with E-state index in [1.165, 1.54) is 0 Å². The van der Waals surface area contributed by atoms with Gasteiger partial charge >= 0.3 is 0 Å². The number of carbonyl (C=O) groups excluding carboxylic acids is 1. The summed E-state index contributed by atoms with van der Waals surface area (Å²) < 4.78 is 0.820. The van der Waals surface area contributed by atoms with Crippen LogP contribution in [0.3, 0.4) is 0 Å². The van der Waals surface area contributed by atoms with E-state index in [0.717, 1.165) is 30.5 Å². The molecule has 0 heterocycles. The fraction of sp³-hybridized carbons (Fsp3) is 0.500. The Morgan fingerprint density at radius 3 is 2.58 bits per heavy atom. The maximum absolute atomic E-state index is 11.9. The summed E-state index contributed by atoms with van der Waals surface area (Å²) in [7, 11) is 0. The number of anilines is 1. The summed E-state index contributed by atoms with van der Waals surface area (Å²) in [6.07, 6.45) is 0.955. The topological polar surface area (TPSA) is 58.4 Å². The zero-order chi connectivity index (χ0) is 14.3. The van der Waals surface area contributed by atoms with Crippen LogP contribution in [0, 0.1) is 0 Å². The molecule has 1 aromatic carbocycles. The molecule has 19 heavy (non-hydrogen) atoms. The summed E-state index contributed by atoms with van der Waals surface area (Å²) in [6.45, 7) is 8.08. The van der Waals surface area contributed by atoms with Crippen molar-refractivity contribution in [3.05, 3.63) is 28.2 Å². The van der Waals surface area contributed by atoms with Crippen molar-refractivity contribution in [3.8, 4) is 0 Å². The Morgan fingerprint density at radius 2 is 2.00 bits per heavy atom. The lowest BCUT2D eigenvalue weighted by molar-refractivity contribution is 0.0952. The van der Waals surface area contributed by atoms with Crippen molar-refractivity contribution in [2.45, 2.75) is 20.3 Å². The number of halogens is 1. The molecule has 106 valence electrons. The number of nitrogens with one attached hydrogen (secondary N) is 1. The number of carbonyl (C=O) groups is 1. The Bertz CT molecular complexity index is 399. The molecular formula is C14H22BrN3O. The van der Waals surface area contributed by atoms with Gasteiger partial charge in [0.05, 0.1) is 0 Å². The maximum Gasteiger partial charge on any atom is 0.251 e. The van der Waals surface area contributed by atoms with E-state index in [9.17, 15) is 4.79 Å². The fourth-order valence-corrected chi connectivity index (χ4v) is 2.40. The van der Waals surface area contributed by atoms with Crippen LogP contribution in [0.15, 0.2) is 22.7 Å². The molecule has 1 rings (SSSR count). The van der Waals surface area contributed by atoms with Gasteiger partial charge in [0.1, 0.15) is 0 Å². The third-order valence-corrected chi connectivity index (χ3v) is 3.47. The molecule has 0 aromatic heterocycles. The van der Waals surface area contributed by atoms with Crippen LogP contribution < -0.4 is 11.1 Å². The minimum absolute atomic E-state index is 0.0763. The summed E-state index contributed by atoms with van der Waals surface area (Å²) in [4.78, 5) is 14.3. The SMILES string of the molecule is CCN(CC)CCCNC(=O)c1cc(N)cc(Br)c1. The van der Waals surface area contributed by atoms with Crippen LogP contribution in [0.25, 0.3) is 0 Å². The van der Waals surface area contributed by atoms with Gasteiger partial charge in [0, 0.05) is 22.3 Å². The zero-order valence-corrected chi connectivity index (χ0v) is 13.2. The lowest BCUT2D eigenvalue weighted by Gasteiger charge is -2.17. The van der Waals surface area contributed by atoms with Crippen molar-refractivity contribution in [2.75, 3.05) is 31.9 Å². The molecule has 3 N–H and O–H groups in total. The molecule has 0 spiro atoms. The molecule has 0 saturated heterocycles. The summed E-state index contributed by atoms with van der Waals surface area (Å²) in [6, 6.07) is 5.23. The molecule has 4 nitrogen and oxygen atoms in total. The average Bonchev–Trinajstić information content (AvgIpc) is 2.37. The summed E-state index contributed by atoms with van der Waals surface area (Å²) in [5.41, 5.74) is 6.89. The maximum atomic E-state index is 11.9. The normalized spacial score (nSPS) is 10.7.